The summed E-state index contributed by atoms with van der Waals surface area (Å²) in [6, 6.07) is 0. The van der Waals surface area contributed by atoms with Crippen molar-refractivity contribution >= 4 is 35.7 Å². The molecule has 0 fully saturated rings. The summed E-state index contributed by atoms with van der Waals surface area (Å²) in [6.07, 6.45) is 0. The molecule has 0 heterocycles. The highest BCUT2D eigenvalue weighted by Crippen LogP contribution is 1.80. The SMILES string of the molecule is O=C(O)C(=S)CS. The van der Waals surface area contributed by atoms with Gasteiger partial charge in [0.2, 0.25) is 0 Å². The largest absolute Gasteiger partial charge is 0.477 e. The first-order valence-corrected chi connectivity index (χ1v) is 2.59. The molecule has 0 aromatic heterocycles. The van der Waals surface area contributed by atoms with Crippen LogP contribution in [-0.2, 0) is 4.79 Å². The van der Waals surface area contributed by atoms with E-state index in [0.29, 0.717) is 0 Å². The molecule has 0 aliphatic rings. The second-order valence-corrected chi connectivity index (χ2v) is 1.70. The number of thiol groups is 1. The van der Waals surface area contributed by atoms with Crippen LogP contribution in [0.2, 0.25) is 0 Å². The highest BCUT2D eigenvalue weighted by Gasteiger charge is 2.00. The molecule has 0 aliphatic heterocycles. The van der Waals surface area contributed by atoms with E-state index in [1.165, 1.54) is 0 Å². The van der Waals surface area contributed by atoms with E-state index in [0.717, 1.165) is 0 Å². The molecule has 7 heavy (non-hydrogen) atoms. The lowest BCUT2D eigenvalue weighted by Crippen LogP contribution is -2.10. The Balaban J connectivity index is 3.58. The van der Waals surface area contributed by atoms with Crippen LogP contribution in [-0.4, -0.2) is 21.7 Å². The van der Waals surface area contributed by atoms with E-state index in [-0.39, 0.29) is 10.6 Å². The Labute approximate surface area is 51.9 Å². The van der Waals surface area contributed by atoms with Crippen LogP contribution in [0.3, 0.4) is 0 Å². The molecule has 0 rings (SSSR count). The van der Waals surface area contributed by atoms with Crippen LogP contribution in [0.1, 0.15) is 0 Å². The van der Waals surface area contributed by atoms with Gasteiger partial charge in [0.15, 0.2) is 0 Å². The molecule has 0 bridgehead atoms. The first-order chi connectivity index (χ1) is 3.18. The van der Waals surface area contributed by atoms with E-state index in [2.05, 4.69) is 24.8 Å². The minimum absolute atomic E-state index is 0.0386. The summed E-state index contributed by atoms with van der Waals surface area (Å²) in [7, 11) is 0. The van der Waals surface area contributed by atoms with Crippen molar-refractivity contribution in [1.29, 1.82) is 0 Å². The van der Waals surface area contributed by atoms with Gasteiger partial charge in [-0.3, -0.25) is 0 Å². The topological polar surface area (TPSA) is 37.3 Å². The zero-order chi connectivity index (χ0) is 5.86. The lowest BCUT2D eigenvalue weighted by atomic mass is 10.5. The first kappa shape index (κ1) is 6.91. The Morgan fingerprint density at radius 3 is 2.29 bits per heavy atom. The molecule has 4 heteroatoms. The van der Waals surface area contributed by atoms with Crippen molar-refractivity contribution in [2.75, 3.05) is 5.75 Å². The summed E-state index contributed by atoms with van der Waals surface area (Å²) < 4.78 is 0. The summed E-state index contributed by atoms with van der Waals surface area (Å²) in [5, 5.41) is 7.99. The van der Waals surface area contributed by atoms with Crippen LogP contribution in [0.25, 0.3) is 0 Å². The van der Waals surface area contributed by atoms with E-state index in [1.54, 1.807) is 0 Å². The van der Waals surface area contributed by atoms with Crippen molar-refractivity contribution in [1.82, 2.24) is 0 Å². The molecule has 1 N–H and O–H groups in total. The molecule has 2 nitrogen and oxygen atoms in total. The predicted octanol–water partition coefficient (Wildman–Crippen LogP) is 0.371. The normalized spacial score (nSPS) is 8.14. The van der Waals surface area contributed by atoms with Crippen molar-refractivity contribution in [3.8, 4) is 0 Å². The number of hydrogen-bond donors (Lipinski definition) is 2. The van der Waals surface area contributed by atoms with Gasteiger partial charge in [0, 0.05) is 5.75 Å². The van der Waals surface area contributed by atoms with Gasteiger partial charge in [-0.15, -0.1) is 0 Å². The number of aliphatic carboxylic acids is 1. The number of rotatable bonds is 2. The molecule has 0 spiro atoms. The average Bonchev–Trinajstić information content (AvgIpc) is 1.65. The van der Waals surface area contributed by atoms with Gasteiger partial charge in [0.1, 0.15) is 4.86 Å². The Morgan fingerprint density at radius 2 is 2.29 bits per heavy atom. The molecular weight excluding hydrogens is 132 g/mol. The third kappa shape index (κ3) is 2.59. The lowest BCUT2D eigenvalue weighted by molar-refractivity contribution is -0.129. The quantitative estimate of drug-likeness (QED) is 0.425. The molecule has 0 amide bonds. The maximum Gasteiger partial charge on any atom is 0.343 e. The van der Waals surface area contributed by atoms with Crippen LogP contribution >= 0.6 is 24.8 Å². The maximum absolute atomic E-state index is 9.74. The van der Waals surface area contributed by atoms with Gasteiger partial charge < -0.3 is 5.11 Å². The number of thiocarbonyl (C=S) groups is 1. The van der Waals surface area contributed by atoms with Crippen molar-refractivity contribution in [2.24, 2.45) is 0 Å². The fraction of sp³-hybridized carbons (Fsp3) is 0.333. The summed E-state index contributed by atoms with van der Waals surface area (Å²) >= 11 is 7.94. The lowest BCUT2D eigenvalue weighted by Gasteiger charge is -1.84. The zero-order valence-electron chi connectivity index (χ0n) is 3.42. The van der Waals surface area contributed by atoms with Gasteiger partial charge in [0.25, 0.3) is 0 Å². The molecule has 0 aromatic carbocycles. The molecule has 0 saturated carbocycles. The second kappa shape index (κ2) is 2.98. The average molecular weight is 136 g/mol. The Morgan fingerprint density at radius 1 is 1.86 bits per heavy atom. The molecule has 0 unspecified atom stereocenters. The third-order valence-corrected chi connectivity index (χ3v) is 1.23. The highest BCUT2D eigenvalue weighted by molar-refractivity contribution is 7.87. The fourth-order valence-corrected chi connectivity index (χ4v) is 0.203. The smallest absolute Gasteiger partial charge is 0.343 e. The van der Waals surface area contributed by atoms with Gasteiger partial charge in [0.05, 0.1) is 0 Å². The van der Waals surface area contributed by atoms with Crippen LogP contribution < -0.4 is 0 Å². The zero-order valence-corrected chi connectivity index (χ0v) is 5.13. The highest BCUT2D eigenvalue weighted by atomic mass is 32.1. The van der Waals surface area contributed by atoms with E-state index in [1.807, 2.05) is 0 Å². The predicted molar refractivity (Wildman–Crippen MR) is 34.1 cm³/mol. The van der Waals surface area contributed by atoms with E-state index >= 15 is 0 Å². The van der Waals surface area contributed by atoms with Crippen molar-refractivity contribution in [3.63, 3.8) is 0 Å². The van der Waals surface area contributed by atoms with Crippen LogP contribution in [0.15, 0.2) is 0 Å². The van der Waals surface area contributed by atoms with Gasteiger partial charge in [-0.1, -0.05) is 12.2 Å². The van der Waals surface area contributed by atoms with Gasteiger partial charge in [-0.2, -0.15) is 12.6 Å². The van der Waals surface area contributed by atoms with E-state index in [9.17, 15) is 4.79 Å². The summed E-state index contributed by atoms with van der Waals surface area (Å²) in [5.74, 6) is -0.907. The first-order valence-electron chi connectivity index (χ1n) is 1.55. The van der Waals surface area contributed by atoms with Crippen LogP contribution in [0, 0.1) is 0 Å². The standard InChI is InChI=1S/C3H4O2S2/c4-3(5)2(7)1-6/h6H,1H2,(H,4,5). The Bertz CT molecular complexity index is 99.1. The Kier molecular flexibility index (Phi) is 2.95. The summed E-state index contributed by atoms with van der Waals surface area (Å²) in [4.78, 5) is 9.70. The minimum atomic E-state index is -1.05. The van der Waals surface area contributed by atoms with Crippen molar-refractivity contribution in [2.45, 2.75) is 0 Å². The molecule has 0 saturated heterocycles. The maximum atomic E-state index is 9.74. The fourth-order valence-electron chi connectivity index (χ4n) is 0.0676. The molecule has 0 radical (unpaired) electrons. The van der Waals surface area contributed by atoms with Gasteiger partial charge in [-0.05, 0) is 0 Å². The van der Waals surface area contributed by atoms with Crippen molar-refractivity contribution < 1.29 is 9.90 Å². The van der Waals surface area contributed by atoms with Crippen molar-refractivity contribution in [3.05, 3.63) is 0 Å². The number of carbonyl (C=O) groups is 1. The molecular formula is C3H4O2S2. The number of carboxylic acid groups (broad SMARTS) is 1. The molecule has 40 valence electrons. The second-order valence-electron chi connectivity index (χ2n) is 0.886. The molecule has 0 aliphatic carbocycles. The molecule has 0 atom stereocenters. The third-order valence-electron chi connectivity index (χ3n) is 0.382. The Hall–Kier alpha value is -0.0900. The van der Waals surface area contributed by atoms with E-state index < -0.39 is 5.97 Å². The molecule has 0 aromatic rings. The number of carboxylic acids is 1. The van der Waals surface area contributed by atoms with Crippen LogP contribution in [0.4, 0.5) is 0 Å². The van der Waals surface area contributed by atoms with Crippen LogP contribution in [0.5, 0.6) is 0 Å². The van der Waals surface area contributed by atoms with Gasteiger partial charge >= 0.3 is 5.97 Å². The van der Waals surface area contributed by atoms with E-state index in [4.69, 9.17) is 5.11 Å². The monoisotopic (exact) mass is 136 g/mol. The number of hydrogen-bond acceptors (Lipinski definition) is 3. The summed E-state index contributed by atoms with van der Waals surface area (Å²) in [5.41, 5.74) is 0. The van der Waals surface area contributed by atoms with Gasteiger partial charge in [-0.25, -0.2) is 4.79 Å². The minimum Gasteiger partial charge on any atom is -0.477 e. The summed E-state index contributed by atoms with van der Waals surface area (Å²) in [6.45, 7) is 0.